The van der Waals surface area contributed by atoms with Crippen molar-refractivity contribution < 1.29 is 0 Å². The molecule has 0 aliphatic heterocycles. The predicted molar refractivity (Wildman–Crippen MR) is 91.3 cm³/mol. The van der Waals surface area contributed by atoms with Crippen molar-refractivity contribution in [1.82, 2.24) is 4.98 Å². The van der Waals surface area contributed by atoms with Gasteiger partial charge in [0, 0.05) is 28.0 Å². The molecule has 1 atom stereocenters. The van der Waals surface area contributed by atoms with Crippen LogP contribution >= 0.6 is 15.9 Å². The van der Waals surface area contributed by atoms with Crippen molar-refractivity contribution in [2.75, 3.05) is 0 Å². The van der Waals surface area contributed by atoms with Gasteiger partial charge in [-0.05, 0) is 36.2 Å². The van der Waals surface area contributed by atoms with Gasteiger partial charge in [-0.15, -0.1) is 0 Å². The first-order valence-electron chi connectivity index (χ1n) is 7.00. The quantitative estimate of drug-likeness (QED) is 0.759. The van der Waals surface area contributed by atoms with Gasteiger partial charge in [0.2, 0.25) is 0 Å². The normalized spacial score (nSPS) is 12.5. The van der Waals surface area contributed by atoms with Crippen LogP contribution in [-0.2, 0) is 6.42 Å². The van der Waals surface area contributed by atoms with Crippen LogP contribution < -0.4 is 5.73 Å². The lowest BCUT2D eigenvalue weighted by atomic mass is 10.0. The fraction of sp³-hybridized carbons (Fsp3) is 0.167. The molecule has 0 fully saturated rings. The smallest absolute Gasteiger partial charge is 0.0705 e. The molecule has 0 saturated heterocycles. The Bertz CT molecular complexity index is 783. The highest BCUT2D eigenvalue weighted by molar-refractivity contribution is 9.10. The molecule has 2 nitrogen and oxygen atoms in total. The van der Waals surface area contributed by atoms with E-state index < -0.39 is 0 Å². The van der Waals surface area contributed by atoms with Crippen molar-refractivity contribution >= 4 is 26.8 Å². The van der Waals surface area contributed by atoms with Gasteiger partial charge in [-0.25, -0.2) is 0 Å². The molecule has 3 rings (SSSR count). The summed E-state index contributed by atoms with van der Waals surface area (Å²) in [5.74, 6) is 0. The van der Waals surface area contributed by atoms with E-state index >= 15 is 0 Å². The number of aromatic nitrogens is 1. The summed E-state index contributed by atoms with van der Waals surface area (Å²) in [6.07, 6.45) is 0.742. The van der Waals surface area contributed by atoms with Gasteiger partial charge in [0.05, 0.1) is 5.52 Å². The van der Waals surface area contributed by atoms with Crippen LogP contribution in [0.4, 0.5) is 0 Å². The third kappa shape index (κ3) is 3.14. The number of pyridine rings is 1. The summed E-state index contributed by atoms with van der Waals surface area (Å²) >= 11 is 3.52. The van der Waals surface area contributed by atoms with E-state index in [4.69, 9.17) is 10.7 Å². The first kappa shape index (κ1) is 14.2. The molecule has 3 aromatic rings. The third-order valence-electron chi connectivity index (χ3n) is 3.70. The number of hydrogen-bond donors (Lipinski definition) is 1. The second-order valence-corrected chi connectivity index (χ2v) is 6.17. The number of benzene rings is 2. The summed E-state index contributed by atoms with van der Waals surface area (Å²) in [6.45, 7) is 2.08. The van der Waals surface area contributed by atoms with E-state index in [0.29, 0.717) is 0 Å². The Kier molecular flexibility index (Phi) is 4.04. The number of rotatable bonds is 3. The summed E-state index contributed by atoms with van der Waals surface area (Å²) in [5, 5.41) is 1.16. The highest BCUT2D eigenvalue weighted by Crippen LogP contribution is 2.22. The molecule has 21 heavy (non-hydrogen) atoms. The minimum Gasteiger partial charge on any atom is -0.324 e. The molecule has 1 unspecified atom stereocenters. The second-order valence-electron chi connectivity index (χ2n) is 5.31. The summed E-state index contributed by atoms with van der Waals surface area (Å²) in [5.41, 5.74) is 10.7. The molecule has 0 aliphatic rings. The topological polar surface area (TPSA) is 38.9 Å². The lowest BCUT2D eigenvalue weighted by Gasteiger charge is -2.13. The third-order valence-corrected chi connectivity index (χ3v) is 4.59. The molecule has 0 bridgehead atoms. The molecule has 1 heterocycles. The zero-order chi connectivity index (χ0) is 14.8. The molecule has 2 N–H and O–H groups in total. The first-order chi connectivity index (χ1) is 10.1. The molecule has 0 saturated carbocycles. The molecule has 1 aromatic heterocycles. The van der Waals surface area contributed by atoms with Crippen molar-refractivity contribution in [3.05, 3.63) is 75.9 Å². The van der Waals surface area contributed by atoms with Gasteiger partial charge in [0.1, 0.15) is 0 Å². The molecule has 2 aromatic carbocycles. The Morgan fingerprint density at radius 2 is 1.90 bits per heavy atom. The molecule has 106 valence electrons. The average molecular weight is 341 g/mol. The Labute approximate surface area is 133 Å². The van der Waals surface area contributed by atoms with Crippen LogP contribution in [0.1, 0.15) is 22.9 Å². The SMILES string of the molecule is Cc1cc(C(N)Cc2ccc3ccccc3n2)ccc1Br. The molecule has 0 radical (unpaired) electrons. The number of aryl methyl sites for hydroxylation is 1. The maximum absolute atomic E-state index is 6.33. The number of para-hydroxylation sites is 1. The van der Waals surface area contributed by atoms with Crippen molar-refractivity contribution in [1.29, 1.82) is 0 Å². The van der Waals surface area contributed by atoms with Crippen LogP contribution in [0.2, 0.25) is 0 Å². The number of fused-ring (bicyclic) bond motifs is 1. The zero-order valence-electron chi connectivity index (χ0n) is 11.9. The van der Waals surface area contributed by atoms with Crippen LogP contribution in [0, 0.1) is 6.92 Å². The molecular formula is C18H17BrN2. The number of nitrogens with zero attached hydrogens (tertiary/aromatic N) is 1. The number of halogens is 1. The Morgan fingerprint density at radius 1 is 1.10 bits per heavy atom. The largest absolute Gasteiger partial charge is 0.324 e. The van der Waals surface area contributed by atoms with E-state index in [1.165, 1.54) is 5.56 Å². The summed E-state index contributed by atoms with van der Waals surface area (Å²) in [7, 11) is 0. The highest BCUT2D eigenvalue weighted by Gasteiger charge is 2.09. The van der Waals surface area contributed by atoms with Gasteiger partial charge < -0.3 is 5.73 Å². The van der Waals surface area contributed by atoms with Crippen molar-refractivity contribution in [2.45, 2.75) is 19.4 Å². The molecule has 0 amide bonds. The Balaban J connectivity index is 1.85. The van der Waals surface area contributed by atoms with Crippen LogP contribution in [0.15, 0.2) is 59.1 Å². The van der Waals surface area contributed by atoms with Crippen molar-refractivity contribution in [2.24, 2.45) is 5.73 Å². The maximum Gasteiger partial charge on any atom is 0.0705 e. The maximum atomic E-state index is 6.33. The monoisotopic (exact) mass is 340 g/mol. The van der Waals surface area contributed by atoms with Crippen LogP contribution in [-0.4, -0.2) is 4.98 Å². The summed E-state index contributed by atoms with van der Waals surface area (Å²) in [6, 6.07) is 18.5. The number of hydrogen-bond acceptors (Lipinski definition) is 2. The summed E-state index contributed by atoms with van der Waals surface area (Å²) in [4.78, 5) is 4.69. The fourth-order valence-corrected chi connectivity index (χ4v) is 2.71. The van der Waals surface area contributed by atoms with Gasteiger partial charge in [0.25, 0.3) is 0 Å². The lowest BCUT2D eigenvalue weighted by Crippen LogP contribution is -2.14. The van der Waals surface area contributed by atoms with Gasteiger partial charge in [-0.3, -0.25) is 4.98 Å². The van der Waals surface area contributed by atoms with E-state index in [1.807, 2.05) is 18.2 Å². The first-order valence-corrected chi connectivity index (χ1v) is 7.79. The van der Waals surface area contributed by atoms with E-state index in [9.17, 15) is 0 Å². The van der Waals surface area contributed by atoms with Crippen LogP contribution in [0.25, 0.3) is 10.9 Å². The standard InChI is InChI=1S/C18H17BrN2/c1-12-10-14(7-9-16(12)19)17(20)11-15-8-6-13-4-2-3-5-18(13)21-15/h2-10,17H,11,20H2,1H3. The van der Waals surface area contributed by atoms with Gasteiger partial charge in [-0.1, -0.05) is 52.3 Å². The molecule has 3 heteroatoms. The van der Waals surface area contributed by atoms with Gasteiger partial charge in [0.15, 0.2) is 0 Å². The highest BCUT2D eigenvalue weighted by atomic mass is 79.9. The molecule has 0 spiro atoms. The van der Waals surface area contributed by atoms with E-state index in [2.05, 4.69) is 59.3 Å². The van der Waals surface area contributed by atoms with E-state index in [-0.39, 0.29) is 6.04 Å². The molecule has 0 aliphatic carbocycles. The second kappa shape index (κ2) is 5.96. The Morgan fingerprint density at radius 3 is 2.71 bits per heavy atom. The van der Waals surface area contributed by atoms with E-state index in [0.717, 1.165) is 33.1 Å². The molecular weight excluding hydrogens is 324 g/mol. The average Bonchev–Trinajstić information content (AvgIpc) is 2.50. The summed E-state index contributed by atoms with van der Waals surface area (Å²) < 4.78 is 1.11. The van der Waals surface area contributed by atoms with Crippen molar-refractivity contribution in [3.63, 3.8) is 0 Å². The van der Waals surface area contributed by atoms with Crippen molar-refractivity contribution in [3.8, 4) is 0 Å². The minimum absolute atomic E-state index is 0.0366. The lowest BCUT2D eigenvalue weighted by molar-refractivity contribution is 0.708. The Hall–Kier alpha value is -1.71. The zero-order valence-corrected chi connectivity index (χ0v) is 13.5. The number of nitrogens with two attached hydrogens (primary N) is 1. The van der Waals surface area contributed by atoms with Gasteiger partial charge >= 0.3 is 0 Å². The predicted octanol–water partition coefficient (Wildman–Crippen LogP) is 4.55. The van der Waals surface area contributed by atoms with Gasteiger partial charge in [-0.2, -0.15) is 0 Å². The van der Waals surface area contributed by atoms with E-state index in [1.54, 1.807) is 0 Å². The van der Waals surface area contributed by atoms with Crippen LogP contribution in [0.3, 0.4) is 0 Å². The van der Waals surface area contributed by atoms with Crippen LogP contribution in [0.5, 0.6) is 0 Å². The minimum atomic E-state index is -0.0366. The fourth-order valence-electron chi connectivity index (χ4n) is 2.46.